The van der Waals surface area contributed by atoms with E-state index >= 15 is 0 Å². The smallest absolute Gasteiger partial charge is 0.167 e. The minimum Gasteiger partial charge on any atom is -0.467 e. The Morgan fingerprint density at radius 1 is 0.958 bits per heavy atom. The molecule has 0 saturated heterocycles. The SMILES string of the molecule is Cc1ccc([C@H](NC(=S)NCc2ccco2)c2ccccc2)cc1. The van der Waals surface area contributed by atoms with Gasteiger partial charge in [0.2, 0.25) is 0 Å². The van der Waals surface area contributed by atoms with E-state index in [4.69, 9.17) is 16.6 Å². The van der Waals surface area contributed by atoms with E-state index in [2.05, 4.69) is 54.0 Å². The lowest BCUT2D eigenvalue weighted by atomic mass is 9.98. The summed E-state index contributed by atoms with van der Waals surface area (Å²) < 4.78 is 5.32. The van der Waals surface area contributed by atoms with Gasteiger partial charge in [-0.05, 0) is 42.4 Å². The second kappa shape index (κ2) is 7.79. The molecular weight excluding hydrogens is 316 g/mol. The van der Waals surface area contributed by atoms with Gasteiger partial charge in [0.25, 0.3) is 0 Å². The summed E-state index contributed by atoms with van der Waals surface area (Å²) in [6.45, 7) is 2.65. The topological polar surface area (TPSA) is 37.2 Å². The standard InChI is InChI=1S/C20H20N2OS/c1-15-9-11-17(12-10-15)19(16-6-3-2-4-7-16)22-20(24)21-14-18-8-5-13-23-18/h2-13,19H,14H2,1H3,(H2,21,22,24)/t19-/m1/s1. The van der Waals surface area contributed by atoms with Crippen LogP contribution in [0.4, 0.5) is 0 Å². The molecular formula is C20H20N2OS. The van der Waals surface area contributed by atoms with E-state index < -0.39 is 0 Å². The van der Waals surface area contributed by atoms with Gasteiger partial charge in [0.1, 0.15) is 5.76 Å². The van der Waals surface area contributed by atoms with E-state index in [1.54, 1.807) is 6.26 Å². The Kier molecular flexibility index (Phi) is 5.29. The fourth-order valence-electron chi connectivity index (χ4n) is 2.53. The van der Waals surface area contributed by atoms with Crippen molar-refractivity contribution < 1.29 is 4.42 Å². The Labute approximate surface area is 147 Å². The minimum absolute atomic E-state index is 0.00315. The lowest BCUT2D eigenvalue weighted by Gasteiger charge is -2.22. The molecule has 0 fully saturated rings. The van der Waals surface area contributed by atoms with E-state index in [0.717, 1.165) is 5.76 Å². The van der Waals surface area contributed by atoms with Crippen LogP contribution in [0.2, 0.25) is 0 Å². The molecule has 0 aliphatic heterocycles. The van der Waals surface area contributed by atoms with Crippen molar-refractivity contribution in [2.45, 2.75) is 19.5 Å². The summed E-state index contributed by atoms with van der Waals surface area (Å²) in [4.78, 5) is 0. The Bertz CT molecular complexity index is 767. The lowest BCUT2D eigenvalue weighted by molar-refractivity contribution is 0.502. The first-order valence-corrected chi connectivity index (χ1v) is 8.31. The molecule has 0 spiro atoms. The monoisotopic (exact) mass is 336 g/mol. The maximum absolute atomic E-state index is 5.47. The fraction of sp³-hybridized carbons (Fsp3) is 0.150. The average molecular weight is 336 g/mol. The number of hydrogen-bond acceptors (Lipinski definition) is 2. The predicted octanol–water partition coefficient (Wildman–Crippen LogP) is 4.34. The van der Waals surface area contributed by atoms with Crippen molar-refractivity contribution in [1.29, 1.82) is 0 Å². The highest BCUT2D eigenvalue weighted by molar-refractivity contribution is 7.80. The van der Waals surface area contributed by atoms with E-state index in [9.17, 15) is 0 Å². The van der Waals surface area contributed by atoms with Crippen LogP contribution in [0.1, 0.15) is 28.5 Å². The van der Waals surface area contributed by atoms with Crippen LogP contribution in [0.25, 0.3) is 0 Å². The minimum atomic E-state index is 0.00315. The highest BCUT2D eigenvalue weighted by atomic mass is 32.1. The first-order chi connectivity index (χ1) is 11.7. The number of rotatable bonds is 5. The molecule has 0 aliphatic carbocycles. The molecule has 3 aromatic rings. The van der Waals surface area contributed by atoms with E-state index in [1.165, 1.54) is 16.7 Å². The van der Waals surface area contributed by atoms with Gasteiger partial charge in [0.05, 0.1) is 18.8 Å². The summed E-state index contributed by atoms with van der Waals surface area (Å²) in [7, 11) is 0. The van der Waals surface area contributed by atoms with Crippen LogP contribution in [-0.4, -0.2) is 5.11 Å². The maximum atomic E-state index is 5.47. The molecule has 1 heterocycles. The summed E-state index contributed by atoms with van der Waals surface area (Å²) in [5.41, 5.74) is 3.58. The predicted molar refractivity (Wildman–Crippen MR) is 101 cm³/mol. The second-order valence-corrected chi connectivity index (χ2v) is 6.07. The molecule has 24 heavy (non-hydrogen) atoms. The molecule has 4 heteroatoms. The van der Waals surface area contributed by atoms with Gasteiger partial charge in [-0.25, -0.2) is 0 Å². The summed E-state index contributed by atoms with van der Waals surface area (Å²) in [5.74, 6) is 0.853. The van der Waals surface area contributed by atoms with Gasteiger partial charge in [-0.1, -0.05) is 60.2 Å². The number of hydrogen-bond donors (Lipinski definition) is 2. The zero-order chi connectivity index (χ0) is 16.8. The largest absolute Gasteiger partial charge is 0.467 e. The number of furan rings is 1. The summed E-state index contributed by atoms with van der Waals surface area (Å²) in [6.07, 6.45) is 1.66. The average Bonchev–Trinajstić information content (AvgIpc) is 3.13. The quantitative estimate of drug-likeness (QED) is 0.680. The molecule has 0 amide bonds. The van der Waals surface area contributed by atoms with Crippen LogP contribution in [0, 0.1) is 6.92 Å². The first-order valence-electron chi connectivity index (χ1n) is 7.90. The zero-order valence-corrected chi connectivity index (χ0v) is 14.3. The number of aryl methyl sites for hydroxylation is 1. The molecule has 0 radical (unpaired) electrons. The highest BCUT2D eigenvalue weighted by Gasteiger charge is 2.15. The van der Waals surface area contributed by atoms with Crippen LogP contribution in [0.15, 0.2) is 77.4 Å². The molecule has 2 aromatic carbocycles. The van der Waals surface area contributed by atoms with Crippen molar-refractivity contribution >= 4 is 17.3 Å². The molecule has 0 saturated carbocycles. The van der Waals surface area contributed by atoms with E-state index in [0.29, 0.717) is 11.7 Å². The van der Waals surface area contributed by atoms with Crippen LogP contribution in [0.5, 0.6) is 0 Å². The van der Waals surface area contributed by atoms with Crippen LogP contribution in [-0.2, 0) is 6.54 Å². The number of thiocarbonyl (C=S) groups is 1. The summed E-state index contributed by atoms with van der Waals surface area (Å²) in [5, 5.41) is 7.20. The molecule has 3 rings (SSSR count). The van der Waals surface area contributed by atoms with Crippen molar-refractivity contribution in [2.24, 2.45) is 0 Å². The molecule has 1 atom stereocenters. The van der Waals surface area contributed by atoms with E-state index in [-0.39, 0.29) is 6.04 Å². The lowest BCUT2D eigenvalue weighted by Crippen LogP contribution is -2.37. The fourth-order valence-corrected chi connectivity index (χ4v) is 2.72. The molecule has 0 aliphatic rings. The van der Waals surface area contributed by atoms with Crippen LogP contribution < -0.4 is 10.6 Å². The Morgan fingerprint density at radius 3 is 2.33 bits per heavy atom. The third kappa shape index (κ3) is 4.24. The van der Waals surface area contributed by atoms with Crippen molar-refractivity contribution in [2.75, 3.05) is 0 Å². The molecule has 0 bridgehead atoms. The van der Waals surface area contributed by atoms with Gasteiger partial charge in [-0.3, -0.25) is 0 Å². The van der Waals surface area contributed by atoms with Gasteiger partial charge >= 0.3 is 0 Å². The van der Waals surface area contributed by atoms with Gasteiger partial charge in [-0.2, -0.15) is 0 Å². The molecule has 0 unspecified atom stereocenters. The maximum Gasteiger partial charge on any atom is 0.167 e. The van der Waals surface area contributed by atoms with Crippen molar-refractivity contribution in [3.8, 4) is 0 Å². The van der Waals surface area contributed by atoms with E-state index in [1.807, 2.05) is 30.3 Å². The molecule has 2 N–H and O–H groups in total. The first kappa shape index (κ1) is 16.3. The zero-order valence-electron chi connectivity index (χ0n) is 13.5. The van der Waals surface area contributed by atoms with Crippen molar-refractivity contribution in [1.82, 2.24) is 10.6 Å². The van der Waals surface area contributed by atoms with Gasteiger partial charge in [0.15, 0.2) is 5.11 Å². The van der Waals surface area contributed by atoms with Crippen LogP contribution in [0.3, 0.4) is 0 Å². The second-order valence-electron chi connectivity index (χ2n) is 5.66. The Hall–Kier alpha value is -2.59. The molecule has 122 valence electrons. The van der Waals surface area contributed by atoms with Crippen LogP contribution >= 0.6 is 12.2 Å². The molecule has 3 nitrogen and oxygen atoms in total. The number of benzene rings is 2. The number of nitrogens with one attached hydrogen (secondary N) is 2. The Balaban J connectivity index is 1.74. The molecule has 1 aromatic heterocycles. The van der Waals surface area contributed by atoms with Crippen molar-refractivity contribution in [3.05, 3.63) is 95.4 Å². The third-order valence-electron chi connectivity index (χ3n) is 3.82. The normalized spacial score (nSPS) is 11.7. The third-order valence-corrected chi connectivity index (χ3v) is 4.08. The van der Waals surface area contributed by atoms with Gasteiger partial charge in [0, 0.05) is 0 Å². The van der Waals surface area contributed by atoms with Crippen molar-refractivity contribution in [3.63, 3.8) is 0 Å². The summed E-state index contributed by atoms with van der Waals surface area (Å²) >= 11 is 5.47. The Morgan fingerprint density at radius 2 is 1.67 bits per heavy atom. The summed E-state index contributed by atoms with van der Waals surface area (Å²) in [6, 6.07) is 22.6. The van der Waals surface area contributed by atoms with Gasteiger partial charge < -0.3 is 15.1 Å². The highest BCUT2D eigenvalue weighted by Crippen LogP contribution is 2.22. The van der Waals surface area contributed by atoms with Gasteiger partial charge in [-0.15, -0.1) is 0 Å².